The molecule has 0 amide bonds. The number of aromatic nitrogens is 2. The van der Waals surface area contributed by atoms with E-state index in [1.165, 1.54) is 25.2 Å². The minimum atomic E-state index is -0.565. The van der Waals surface area contributed by atoms with Crippen molar-refractivity contribution < 1.29 is 9.53 Å². The largest absolute Gasteiger partial charge is 0.468 e. The lowest BCUT2D eigenvalue weighted by Crippen LogP contribution is -2.27. The first kappa shape index (κ1) is 12.3. The fourth-order valence-corrected chi connectivity index (χ4v) is 1.53. The van der Waals surface area contributed by atoms with Crippen LogP contribution in [-0.2, 0) is 16.1 Å². The third kappa shape index (κ3) is 2.41. The summed E-state index contributed by atoms with van der Waals surface area (Å²) in [7, 11) is 1.22. The molecule has 0 saturated heterocycles. The Bertz CT molecular complexity index is 504. The highest BCUT2D eigenvalue weighted by Crippen LogP contribution is 2.12. The summed E-state index contributed by atoms with van der Waals surface area (Å²) >= 11 is 1.20. The smallest absolute Gasteiger partial charge is 0.325 e. The van der Waals surface area contributed by atoms with Crippen LogP contribution in [0.2, 0.25) is 0 Å². The molecule has 0 aliphatic carbocycles. The molecule has 0 aliphatic rings. The van der Waals surface area contributed by atoms with Crippen LogP contribution in [-0.4, -0.2) is 28.9 Å². The Balaban J connectivity index is 3.21. The number of ether oxygens (including phenoxy) is 1. The van der Waals surface area contributed by atoms with E-state index in [2.05, 4.69) is 9.72 Å². The topological polar surface area (TPSA) is 85.0 Å². The second-order valence-electron chi connectivity index (χ2n) is 2.75. The Morgan fingerprint density at radius 3 is 2.94 bits per heavy atom. The summed E-state index contributed by atoms with van der Waals surface area (Å²) in [4.78, 5) is 26.6. The molecule has 0 N–H and O–H groups in total. The van der Waals surface area contributed by atoms with Crippen LogP contribution in [0.25, 0.3) is 0 Å². The average Bonchev–Trinajstić information content (AvgIpc) is 2.31. The van der Waals surface area contributed by atoms with Gasteiger partial charge in [-0.2, -0.15) is 5.26 Å². The van der Waals surface area contributed by atoms with Crippen molar-refractivity contribution in [1.82, 2.24) is 9.55 Å². The zero-order chi connectivity index (χ0) is 12.1. The molecular formula is C9H9N3O3S. The van der Waals surface area contributed by atoms with Crippen LogP contribution in [0, 0.1) is 11.3 Å². The van der Waals surface area contributed by atoms with Gasteiger partial charge in [0.15, 0.2) is 0 Å². The van der Waals surface area contributed by atoms with Gasteiger partial charge >= 0.3 is 5.97 Å². The molecule has 1 rings (SSSR count). The summed E-state index contributed by atoms with van der Waals surface area (Å²) in [6, 6.07) is 1.78. The first-order valence-electron chi connectivity index (χ1n) is 4.24. The first-order valence-corrected chi connectivity index (χ1v) is 5.46. The second kappa shape index (κ2) is 5.32. The summed E-state index contributed by atoms with van der Waals surface area (Å²) in [6.45, 7) is -0.244. The van der Waals surface area contributed by atoms with Gasteiger partial charge in [0.1, 0.15) is 23.2 Å². The lowest BCUT2D eigenvalue weighted by Gasteiger charge is -2.05. The highest BCUT2D eigenvalue weighted by Gasteiger charge is 2.12. The van der Waals surface area contributed by atoms with Crippen LogP contribution >= 0.6 is 11.8 Å². The predicted octanol–water partition coefficient (Wildman–Crippen LogP) is 0.00988. The number of nitrogens with zero attached hydrogens (tertiary/aromatic N) is 3. The van der Waals surface area contributed by atoms with Crippen LogP contribution < -0.4 is 5.56 Å². The van der Waals surface area contributed by atoms with E-state index in [0.29, 0.717) is 5.03 Å². The Hall–Kier alpha value is -1.81. The molecule has 1 aromatic heterocycles. The molecule has 84 valence electrons. The van der Waals surface area contributed by atoms with Crippen LogP contribution in [0.15, 0.2) is 16.1 Å². The number of esters is 1. The van der Waals surface area contributed by atoms with Crippen LogP contribution in [0.4, 0.5) is 0 Å². The number of hydrogen-bond donors (Lipinski definition) is 0. The predicted molar refractivity (Wildman–Crippen MR) is 57.0 cm³/mol. The molecule has 1 aromatic rings. The fourth-order valence-electron chi connectivity index (χ4n) is 1.04. The van der Waals surface area contributed by atoms with Crippen molar-refractivity contribution in [2.45, 2.75) is 11.6 Å². The quantitative estimate of drug-likeness (QED) is 0.419. The summed E-state index contributed by atoms with van der Waals surface area (Å²) in [5.41, 5.74) is -0.592. The minimum Gasteiger partial charge on any atom is -0.468 e. The Morgan fingerprint density at radius 1 is 1.75 bits per heavy atom. The van der Waals surface area contributed by atoms with E-state index in [1.807, 2.05) is 0 Å². The monoisotopic (exact) mass is 239 g/mol. The number of nitriles is 1. The number of methoxy groups -OCH3 is 1. The number of carbonyl (C=O) groups excluding carboxylic acids is 1. The molecule has 6 nitrogen and oxygen atoms in total. The molecule has 0 bridgehead atoms. The summed E-state index contributed by atoms with van der Waals surface area (Å²) in [6.07, 6.45) is 2.94. The first-order chi connectivity index (χ1) is 7.63. The molecule has 0 radical (unpaired) electrons. The van der Waals surface area contributed by atoms with Gasteiger partial charge in [0.25, 0.3) is 5.56 Å². The molecule has 0 atom stereocenters. The molecule has 0 spiro atoms. The number of thioether (sulfide) groups is 1. The minimum absolute atomic E-state index is 0.0566. The van der Waals surface area contributed by atoms with Gasteiger partial charge in [-0.05, 0) is 6.26 Å². The molecule has 7 heteroatoms. The highest BCUT2D eigenvalue weighted by molar-refractivity contribution is 7.98. The van der Waals surface area contributed by atoms with Gasteiger partial charge in [-0.15, -0.1) is 11.8 Å². The Labute approximate surface area is 95.9 Å². The lowest BCUT2D eigenvalue weighted by atomic mass is 10.3. The Kier molecular flexibility index (Phi) is 4.08. The van der Waals surface area contributed by atoms with Crippen LogP contribution in [0.5, 0.6) is 0 Å². The molecule has 0 fully saturated rings. The zero-order valence-electron chi connectivity index (χ0n) is 8.76. The molecule has 0 aromatic carbocycles. The maximum atomic E-state index is 11.7. The van der Waals surface area contributed by atoms with Crippen molar-refractivity contribution in [2.75, 3.05) is 13.4 Å². The number of carbonyl (C=O) groups is 1. The van der Waals surface area contributed by atoms with Crippen molar-refractivity contribution in [3.8, 4) is 6.07 Å². The van der Waals surface area contributed by atoms with Gasteiger partial charge in [0, 0.05) is 0 Å². The fraction of sp³-hybridized carbons (Fsp3) is 0.333. The maximum Gasteiger partial charge on any atom is 0.325 e. The molecule has 16 heavy (non-hydrogen) atoms. The van der Waals surface area contributed by atoms with E-state index in [9.17, 15) is 9.59 Å². The number of rotatable bonds is 3. The normalized spacial score (nSPS) is 9.56. The molecule has 1 heterocycles. The van der Waals surface area contributed by atoms with Gasteiger partial charge in [-0.3, -0.25) is 14.2 Å². The summed E-state index contributed by atoms with van der Waals surface area (Å²) < 4.78 is 5.47. The SMILES string of the molecule is COC(=O)Cn1cnc(SC)c(C#N)c1=O. The van der Waals surface area contributed by atoms with Gasteiger partial charge in [-0.25, -0.2) is 4.98 Å². The van der Waals surface area contributed by atoms with Crippen molar-refractivity contribution >= 4 is 17.7 Å². The van der Waals surface area contributed by atoms with Gasteiger partial charge in [0.05, 0.1) is 13.4 Å². The third-order valence-corrected chi connectivity index (χ3v) is 2.53. The van der Waals surface area contributed by atoms with E-state index in [1.54, 1.807) is 12.3 Å². The highest BCUT2D eigenvalue weighted by atomic mass is 32.2. The van der Waals surface area contributed by atoms with E-state index in [0.717, 1.165) is 4.57 Å². The van der Waals surface area contributed by atoms with Gasteiger partial charge in [0.2, 0.25) is 0 Å². The van der Waals surface area contributed by atoms with Crippen molar-refractivity contribution in [1.29, 1.82) is 5.26 Å². The average molecular weight is 239 g/mol. The van der Waals surface area contributed by atoms with Crippen LogP contribution in [0.3, 0.4) is 0 Å². The maximum absolute atomic E-state index is 11.7. The van der Waals surface area contributed by atoms with E-state index in [-0.39, 0.29) is 12.1 Å². The van der Waals surface area contributed by atoms with E-state index >= 15 is 0 Å². The summed E-state index contributed by atoms with van der Waals surface area (Å²) in [5, 5.41) is 9.17. The molecule has 0 saturated carbocycles. The Morgan fingerprint density at radius 2 is 2.44 bits per heavy atom. The zero-order valence-corrected chi connectivity index (χ0v) is 9.58. The number of hydrogen-bond acceptors (Lipinski definition) is 6. The summed E-state index contributed by atoms with van der Waals surface area (Å²) in [5.74, 6) is -0.565. The standard InChI is InChI=1S/C9H9N3O3S/c1-15-7(13)4-12-5-11-8(16-2)6(3-10)9(12)14/h5H,4H2,1-2H3. The lowest BCUT2D eigenvalue weighted by molar-refractivity contribution is -0.141. The van der Waals surface area contributed by atoms with Crippen molar-refractivity contribution in [3.05, 3.63) is 22.2 Å². The van der Waals surface area contributed by atoms with Crippen molar-refractivity contribution in [2.24, 2.45) is 0 Å². The van der Waals surface area contributed by atoms with Gasteiger partial charge < -0.3 is 4.74 Å². The second-order valence-corrected chi connectivity index (χ2v) is 3.54. The molecule has 0 unspecified atom stereocenters. The molecule has 0 aliphatic heterocycles. The van der Waals surface area contributed by atoms with Crippen LogP contribution in [0.1, 0.15) is 5.56 Å². The molecular weight excluding hydrogens is 230 g/mol. The third-order valence-electron chi connectivity index (χ3n) is 1.84. The van der Waals surface area contributed by atoms with Gasteiger partial charge in [-0.1, -0.05) is 0 Å². The van der Waals surface area contributed by atoms with Crippen molar-refractivity contribution in [3.63, 3.8) is 0 Å². The van der Waals surface area contributed by atoms with E-state index < -0.39 is 11.5 Å². The van der Waals surface area contributed by atoms with E-state index in [4.69, 9.17) is 5.26 Å².